The number of hydrogen-bond donors (Lipinski definition) is 1. The quantitative estimate of drug-likeness (QED) is 0.174. The zero-order valence-electron chi connectivity index (χ0n) is 19.2. The SMILES string of the molecule is CCCCCCCCCCCCC#CCCCCCCCCC#CCCC(=O)O. The highest BCUT2D eigenvalue weighted by Gasteiger charge is 1.93. The molecule has 0 spiro atoms. The molecule has 0 radical (unpaired) electrons. The van der Waals surface area contributed by atoms with Crippen molar-refractivity contribution >= 4 is 5.97 Å². The lowest BCUT2D eigenvalue weighted by Gasteiger charge is -2.00. The molecule has 0 rings (SSSR count). The van der Waals surface area contributed by atoms with Crippen molar-refractivity contribution in [2.75, 3.05) is 0 Å². The highest BCUT2D eigenvalue weighted by molar-refractivity contribution is 5.66. The summed E-state index contributed by atoms with van der Waals surface area (Å²) in [7, 11) is 0. The number of aliphatic carboxylic acids is 1. The van der Waals surface area contributed by atoms with Crippen LogP contribution in [-0.2, 0) is 4.79 Å². The van der Waals surface area contributed by atoms with Crippen LogP contribution in [0.4, 0.5) is 0 Å². The molecule has 166 valence electrons. The minimum Gasteiger partial charge on any atom is -0.481 e. The van der Waals surface area contributed by atoms with Crippen LogP contribution >= 0.6 is 0 Å². The Morgan fingerprint density at radius 3 is 1.17 bits per heavy atom. The summed E-state index contributed by atoms with van der Waals surface area (Å²) in [5.41, 5.74) is 0. The lowest BCUT2D eigenvalue weighted by molar-refractivity contribution is -0.136. The molecule has 0 atom stereocenters. The van der Waals surface area contributed by atoms with E-state index in [0.717, 1.165) is 25.7 Å². The Morgan fingerprint density at radius 1 is 0.517 bits per heavy atom. The first-order valence-electron chi connectivity index (χ1n) is 12.4. The number of carboxylic acid groups (broad SMARTS) is 1. The second kappa shape index (κ2) is 24.6. The molecule has 0 saturated heterocycles. The summed E-state index contributed by atoms with van der Waals surface area (Å²) in [4.78, 5) is 10.3. The first-order valence-corrected chi connectivity index (χ1v) is 12.4. The molecule has 0 fully saturated rings. The number of carbonyl (C=O) groups is 1. The Kier molecular flexibility index (Phi) is 23.4. The Hall–Kier alpha value is -1.41. The second-order valence-corrected chi connectivity index (χ2v) is 8.15. The summed E-state index contributed by atoms with van der Waals surface area (Å²) >= 11 is 0. The van der Waals surface area contributed by atoms with E-state index in [-0.39, 0.29) is 6.42 Å². The van der Waals surface area contributed by atoms with Crippen molar-refractivity contribution in [1.82, 2.24) is 0 Å². The monoisotopic (exact) mass is 402 g/mol. The van der Waals surface area contributed by atoms with Crippen LogP contribution in [0.5, 0.6) is 0 Å². The molecule has 29 heavy (non-hydrogen) atoms. The van der Waals surface area contributed by atoms with E-state index < -0.39 is 5.97 Å². The molecule has 2 nitrogen and oxygen atoms in total. The summed E-state index contributed by atoms with van der Waals surface area (Å²) in [5.74, 6) is 11.9. The molecule has 0 aromatic rings. The standard InChI is InChI=1S/C27H46O2/c1-2-3-4-5-6-7-8-9-10-11-12-13-14-15-16-17-18-19-20-21-22-23-24-25-26-27(28)29/h2-12,15-22,25-26H2,1H3,(H,28,29). The van der Waals surface area contributed by atoms with Crippen molar-refractivity contribution in [1.29, 1.82) is 0 Å². The molecule has 0 aliphatic carbocycles. The summed E-state index contributed by atoms with van der Waals surface area (Å²) in [6.07, 6.45) is 25.1. The third-order valence-corrected chi connectivity index (χ3v) is 5.22. The van der Waals surface area contributed by atoms with E-state index in [9.17, 15) is 4.79 Å². The minimum absolute atomic E-state index is 0.162. The molecule has 0 aromatic carbocycles. The normalized spacial score (nSPS) is 10.1. The molecular formula is C27H46O2. The second-order valence-electron chi connectivity index (χ2n) is 8.15. The maximum Gasteiger partial charge on any atom is 0.304 e. The summed E-state index contributed by atoms with van der Waals surface area (Å²) < 4.78 is 0. The van der Waals surface area contributed by atoms with Crippen molar-refractivity contribution in [3.05, 3.63) is 0 Å². The maximum absolute atomic E-state index is 10.3. The summed E-state index contributed by atoms with van der Waals surface area (Å²) in [6, 6.07) is 0. The Balaban J connectivity index is 3.18. The zero-order valence-corrected chi connectivity index (χ0v) is 19.2. The lowest BCUT2D eigenvalue weighted by atomic mass is 10.1. The van der Waals surface area contributed by atoms with Crippen LogP contribution in [0.3, 0.4) is 0 Å². The first-order chi connectivity index (χ1) is 14.3. The van der Waals surface area contributed by atoms with Crippen molar-refractivity contribution in [3.63, 3.8) is 0 Å². The van der Waals surface area contributed by atoms with Gasteiger partial charge in [0.25, 0.3) is 0 Å². The highest BCUT2D eigenvalue weighted by atomic mass is 16.4. The fraction of sp³-hybridized carbons (Fsp3) is 0.815. The van der Waals surface area contributed by atoms with E-state index in [0.29, 0.717) is 6.42 Å². The number of hydrogen-bond acceptors (Lipinski definition) is 1. The predicted molar refractivity (Wildman–Crippen MR) is 126 cm³/mol. The van der Waals surface area contributed by atoms with Gasteiger partial charge in [0.1, 0.15) is 0 Å². The molecule has 2 heteroatoms. The molecule has 0 heterocycles. The van der Waals surface area contributed by atoms with Gasteiger partial charge in [-0.05, 0) is 19.3 Å². The van der Waals surface area contributed by atoms with E-state index >= 15 is 0 Å². The van der Waals surface area contributed by atoms with Gasteiger partial charge in [-0.2, -0.15) is 0 Å². The Labute approximate surface area is 181 Å². The van der Waals surface area contributed by atoms with E-state index in [1.54, 1.807) is 0 Å². The smallest absolute Gasteiger partial charge is 0.304 e. The van der Waals surface area contributed by atoms with Crippen LogP contribution in [0.25, 0.3) is 0 Å². The molecule has 0 aliphatic rings. The fourth-order valence-corrected chi connectivity index (χ4v) is 3.36. The molecular weight excluding hydrogens is 356 g/mol. The van der Waals surface area contributed by atoms with Gasteiger partial charge in [-0.3, -0.25) is 4.79 Å². The lowest BCUT2D eigenvalue weighted by Crippen LogP contribution is -1.91. The van der Waals surface area contributed by atoms with Crippen LogP contribution in [0.2, 0.25) is 0 Å². The number of carboxylic acids is 1. The van der Waals surface area contributed by atoms with Gasteiger partial charge >= 0.3 is 5.97 Å². The van der Waals surface area contributed by atoms with Gasteiger partial charge < -0.3 is 5.11 Å². The average Bonchev–Trinajstić information content (AvgIpc) is 2.71. The van der Waals surface area contributed by atoms with E-state index in [4.69, 9.17) is 5.11 Å². The van der Waals surface area contributed by atoms with Crippen LogP contribution in [0, 0.1) is 23.7 Å². The van der Waals surface area contributed by atoms with E-state index in [1.165, 1.54) is 96.3 Å². The topological polar surface area (TPSA) is 37.3 Å². The zero-order chi connectivity index (χ0) is 21.3. The van der Waals surface area contributed by atoms with Crippen molar-refractivity contribution < 1.29 is 9.90 Å². The molecule has 0 saturated carbocycles. The maximum atomic E-state index is 10.3. The molecule has 0 amide bonds. The van der Waals surface area contributed by atoms with E-state index in [2.05, 4.69) is 30.6 Å². The largest absolute Gasteiger partial charge is 0.481 e. The van der Waals surface area contributed by atoms with Crippen LogP contribution in [0.1, 0.15) is 142 Å². The average molecular weight is 403 g/mol. The van der Waals surface area contributed by atoms with Gasteiger partial charge in [-0.1, -0.05) is 90.4 Å². The van der Waals surface area contributed by atoms with Gasteiger partial charge in [0.2, 0.25) is 0 Å². The Bertz CT molecular complexity index is 472. The van der Waals surface area contributed by atoms with E-state index in [1.807, 2.05) is 0 Å². The van der Waals surface area contributed by atoms with Crippen LogP contribution in [-0.4, -0.2) is 11.1 Å². The van der Waals surface area contributed by atoms with Crippen LogP contribution < -0.4 is 0 Å². The minimum atomic E-state index is -0.761. The van der Waals surface area contributed by atoms with Crippen LogP contribution in [0.15, 0.2) is 0 Å². The molecule has 0 aliphatic heterocycles. The van der Waals surface area contributed by atoms with Gasteiger partial charge in [0.15, 0.2) is 0 Å². The molecule has 1 N–H and O–H groups in total. The highest BCUT2D eigenvalue weighted by Crippen LogP contribution is 2.11. The molecule has 0 unspecified atom stereocenters. The van der Waals surface area contributed by atoms with Gasteiger partial charge in [0.05, 0.1) is 6.42 Å². The van der Waals surface area contributed by atoms with Gasteiger partial charge in [-0.15, -0.1) is 23.7 Å². The summed E-state index contributed by atoms with van der Waals surface area (Å²) in [5, 5.41) is 8.51. The van der Waals surface area contributed by atoms with Crippen molar-refractivity contribution in [2.24, 2.45) is 0 Å². The Morgan fingerprint density at radius 2 is 0.828 bits per heavy atom. The molecule has 0 bridgehead atoms. The van der Waals surface area contributed by atoms with Crippen molar-refractivity contribution in [2.45, 2.75) is 142 Å². The third kappa shape index (κ3) is 26.6. The fourth-order valence-electron chi connectivity index (χ4n) is 3.36. The third-order valence-electron chi connectivity index (χ3n) is 5.22. The van der Waals surface area contributed by atoms with Gasteiger partial charge in [-0.25, -0.2) is 0 Å². The predicted octanol–water partition coefficient (Wildman–Crippen LogP) is 8.29. The number of rotatable bonds is 19. The summed E-state index contributed by atoms with van der Waals surface area (Å²) in [6.45, 7) is 2.28. The number of unbranched alkanes of at least 4 members (excludes halogenated alkanes) is 17. The molecule has 0 aromatic heterocycles. The first kappa shape index (κ1) is 27.6. The van der Waals surface area contributed by atoms with Crippen molar-refractivity contribution in [3.8, 4) is 23.7 Å². The van der Waals surface area contributed by atoms with Gasteiger partial charge in [0, 0.05) is 25.7 Å².